The smallest absolute Gasteiger partial charge is 0.240 e. The van der Waals surface area contributed by atoms with Crippen molar-refractivity contribution in [1.29, 1.82) is 0 Å². The van der Waals surface area contributed by atoms with Crippen LogP contribution >= 0.6 is 23.4 Å². The first-order valence-corrected chi connectivity index (χ1v) is 8.93. The highest BCUT2D eigenvalue weighted by Gasteiger charge is 2.29. The molecule has 4 nitrogen and oxygen atoms in total. The van der Waals surface area contributed by atoms with Crippen molar-refractivity contribution in [2.24, 2.45) is 0 Å². The van der Waals surface area contributed by atoms with Crippen molar-refractivity contribution in [3.05, 3.63) is 34.6 Å². The van der Waals surface area contributed by atoms with Gasteiger partial charge in [0.25, 0.3) is 0 Å². The maximum atomic E-state index is 13.1. The van der Waals surface area contributed by atoms with Crippen molar-refractivity contribution < 1.29 is 9.18 Å². The number of halogens is 2. The van der Waals surface area contributed by atoms with Crippen LogP contribution in [0.15, 0.2) is 18.2 Å². The molecule has 0 aromatic heterocycles. The van der Waals surface area contributed by atoms with Gasteiger partial charge in [-0.3, -0.25) is 15.0 Å². The molecule has 1 aromatic rings. The Morgan fingerprint density at radius 2 is 2.14 bits per heavy atom. The maximum Gasteiger partial charge on any atom is 0.240 e. The fourth-order valence-corrected chi connectivity index (χ4v) is 3.95. The summed E-state index contributed by atoms with van der Waals surface area (Å²) in [7, 11) is 0. The van der Waals surface area contributed by atoms with Gasteiger partial charge in [-0.2, -0.15) is 0 Å². The number of benzene rings is 1. The second-order valence-corrected chi connectivity index (χ2v) is 7.05. The van der Waals surface area contributed by atoms with Gasteiger partial charge in [0, 0.05) is 49.4 Å². The van der Waals surface area contributed by atoms with Crippen molar-refractivity contribution in [2.45, 2.75) is 12.6 Å². The molecule has 0 spiro atoms. The van der Waals surface area contributed by atoms with Gasteiger partial charge in [0.1, 0.15) is 5.82 Å². The van der Waals surface area contributed by atoms with Crippen LogP contribution < -0.4 is 5.32 Å². The predicted molar refractivity (Wildman–Crippen MR) is 87.5 cm³/mol. The number of carbonyl (C=O) groups is 1. The molecule has 3 rings (SSSR count). The molecule has 0 aliphatic carbocycles. The van der Waals surface area contributed by atoms with E-state index >= 15 is 0 Å². The molecular weight excluding hydrogens is 325 g/mol. The molecule has 2 fully saturated rings. The molecule has 22 heavy (non-hydrogen) atoms. The van der Waals surface area contributed by atoms with E-state index in [1.165, 1.54) is 12.1 Å². The van der Waals surface area contributed by atoms with E-state index < -0.39 is 0 Å². The van der Waals surface area contributed by atoms with Crippen LogP contribution in [0.2, 0.25) is 5.02 Å². The summed E-state index contributed by atoms with van der Waals surface area (Å²) in [6.45, 7) is 3.80. The highest BCUT2D eigenvalue weighted by molar-refractivity contribution is 7.99. The average Bonchev–Trinajstić information content (AvgIpc) is 3.04. The van der Waals surface area contributed by atoms with Crippen LogP contribution in [0.4, 0.5) is 4.39 Å². The van der Waals surface area contributed by atoms with E-state index in [0.29, 0.717) is 11.6 Å². The number of carbonyl (C=O) groups excluding carboxylic acids is 1. The highest BCUT2D eigenvalue weighted by atomic mass is 35.5. The third-order valence-electron chi connectivity index (χ3n) is 4.11. The topological polar surface area (TPSA) is 35.6 Å². The zero-order valence-electron chi connectivity index (χ0n) is 12.2. The van der Waals surface area contributed by atoms with Gasteiger partial charge in [0.05, 0.1) is 6.04 Å². The molecule has 0 bridgehead atoms. The number of nitrogens with zero attached hydrogens (tertiary/aromatic N) is 2. The van der Waals surface area contributed by atoms with Crippen molar-refractivity contribution in [3.63, 3.8) is 0 Å². The second-order valence-electron chi connectivity index (χ2n) is 5.61. The Bertz CT molecular complexity index is 546. The number of nitrogens with one attached hydrogen (secondary N) is 1. The average molecular weight is 344 g/mol. The molecule has 2 saturated heterocycles. The lowest BCUT2D eigenvalue weighted by Gasteiger charge is -2.36. The standard InChI is InChI=1S/C15H19ClFN3OS/c16-13-7-12(17)2-1-11(13)8-19-3-5-20(6-4-19)15(21)14-9-22-10-18-14/h1-2,7,14,18H,3-6,8-10H2. The van der Waals surface area contributed by atoms with Gasteiger partial charge in [0.15, 0.2) is 0 Å². The van der Waals surface area contributed by atoms with Crippen molar-refractivity contribution >= 4 is 29.3 Å². The normalized spacial score (nSPS) is 23.0. The minimum Gasteiger partial charge on any atom is -0.339 e. The van der Waals surface area contributed by atoms with Crippen LogP contribution in [-0.2, 0) is 11.3 Å². The summed E-state index contributed by atoms with van der Waals surface area (Å²) in [5.41, 5.74) is 0.928. The zero-order chi connectivity index (χ0) is 15.5. The molecule has 7 heteroatoms. The molecule has 2 aliphatic heterocycles. The van der Waals surface area contributed by atoms with Crippen molar-refractivity contribution in [2.75, 3.05) is 37.8 Å². The Labute approximate surface area is 139 Å². The largest absolute Gasteiger partial charge is 0.339 e. The van der Waals surface area contributed by atoms with E-state index in [0.717, 1.165) is 43.4 Å². The molecule has 120 valence electrons. The molecule has 1 N–H and O–H groups in total. The number of amides is 1. The Morgan fingerprint density at radius 3 is 2.77 bits per heavy atom. The summed E-state index contributed by atoms with van der Waals surface area (Å²) in [5.74, 6) is 1.62. The van der Waals surface area contributed by atoms with Gasteiger partial charge in [-0.25, -0.2) is 4.39 Å². The summed E-state index contributed by atoms with van der Waals surface area (Å²) in [6.07, 6.45) is 0. The monoisotopic (exact) mass is 343 g/mol. The first-order valence-electron chi connectivity index (χ1n) is 7.39. The third kappa shape index (κ3) is 3.74. The van der Waals surface area contributed by atoms with E-state index in [-0.39, 0.29) is 17.8 Å². The lowest BCUT2D eigenvalue weighted by molar-refractivity contribution is -0.134. The van der Waals surface area contributed by atoms with Gasteiger partial charge < -0.3 is 4.90 Å². The number of rotatable bonds is 3. The molecule has 1 unspecified atom stereocenters. The Morgan fingerprint density at radius 1 is 1.36 bits per heavy atom. The highest BCUT2D eigenvalue weighted by Crippen LogP contribution is 2.20. The molecule has 1 atom stereocenters. The van der Waals surface area contributed by atoms with E-state index in [2.05, 4.69) is 10.2 Å². The van der Waals surface area contributed by atoms with E-state index in [9.17, 15) is 9.18 Å². The number of hydrogen-bond donors (Lipinski definition) is 1. The Kier molecular flexibility index (Phi) is 5.23. The van der Waals surface area contributed by atoms with Gasteiger partial charge in [-0.1, -0.05) is 17.7 Å². The van der Waals surface area contributed by atoms with Crippen molar-refractivity contribution in [3.8, 4) is 0 Å². The number of piperazine rings is 1. The molecule has 2 heterocycles. The molecule has 0 saturated carbocycles. The van der Waals surface area contributed by atoms with Gasteiger partial charge >= 0.3 is 0 Å². The maximum absolute atomic E-state index is 13.1. The quantitative estimate of drug-likeness (QED) is 0.907. The number of hydrogen-bond acceptors (Lipinski definition) is 4. The minimum atomic E-state index is -0.314. The first-order chi connectivity index (χ1) is 10.6. The van der Waals surface area contributed by atoms with E-state index in [4.69, 9.17) is 11.6 Å². The molecule has 1 amide bonds. The van der Waals surface area contributed by atoms with Crippen LogP contribution in [0.5, 0.6) is 0 Å². The van der Waals surface area contributed by atoms with Crippen LogP contribution in [0.3, 0.4) is 0 Å². The summed E-state index contributed by atoms with van der Waals surface area (Å²) in [6, 6.07) is 4.49. The second kappa shape index (κ2) is 7.17. The summed E-state index contributed by atoms with van der Waals surface area (Å²) in [4.78, 5) is 16.5. The van der Waals surface area contributed by atoms with Gasteiger partial charge in [-0.05, 0) is 17.7 Å². The zero-order valence-corrected chi connectivity index (χ0v) is 13.8. The lowest BCUT2D eigenvalue weighted by Crippen LogP contribution is -2.53. The third-order valence-corrected chi connectivity index (χ3v) is 5.40. The van der Waals surface area contributed by atoms with Crippen LogP contribution in [0.1, 0.15) is 5.56 Å². The van der Waals surface area contributed by atoms with Gasteiger partial charge in [-0.15, -0.1) is 11.8 Å². The first kappa shape index (κ1) is 16.1. The summed E-state index contributed by atoms with van der Waals surface area (Å²) in [5, 5.41) is 3.69. The van der Waals surface area contributed by atoms with Crippen LogP contribution in [0, 0.1) is 5.82 Å². The fourth-order valence-electron chi connectivity index (χ4n) is 2.79. The lowest BCUT2D eigenvalue weighted by atomic mass is 10.2. The minimum absolute atomic E-state index is 0.0249. The summed E-state index contributed by atoms with van der Waals surface area (Å²) >= 11 is 7.84. The number of thioether (sulfide) groups is 1. The fraction of sp³-hybridized carbons (Fsp3) is 0.533. The SMILES string of the molecule is O=C(C1CSCN1)N1CCN(Cc2ccc(F)cc2Cl)CC1. The summed E-state index contributed by atoms with van der Waals surface area (Å²) < 4.78 is 13.1. The van der Waals surface area contributed by atoms with Crippen LogP contribution in [0.25, 0.3) is 0 Å². The Hall–Kier alpha value is -0.820. The van der Waals surface area contributed by atoms with E-state index in [1.54, 1.807) is 17.8 Å². The van der Waals surface area contributed by atoms with Gasteiger partial charge in [0.2, 0.25) is 5.91 Å². The van der Waals surface area contributed by atoms with Crippen molar-refractivity contribution in [1.82, 2.24) is 15.1 Å². The Balaban J connectivity index is 1.52. The molecular formula is C15H19ClFN3OS. The molecule has 1 aromatic carbocycles. The van der Waals surface area contributed by atoms with Crippen LogP contribution in [-0.4, -0.2) is 59.6 Å². The molecule has 2 aliphatic rings. The van der Waals surface area contributed by atoms with E-state index in [1.807, 2.05) is 4.90 Å². The predicted octanol–water partition coefficient (Wildman–Crippen LogP) is 1.79. The molecule has 0 radical (unpaired) electrons.